The molecule has 1 saturated carbocycles. The van der Waals surface area contributed by atoms with Crippen molar-refractivity contribution in [3.63, 3.8) is 0 Å². The highest BCUT2D eigenvalue weighted by Gasteiger charge is 2.39. The first-order chi connectivity index (χ1) is 12.2. The molecule has 4 N–H and O–H groups in total. The van der Waals surface area contributed by atoms with Gasteiger partial charge in [-0.1, -0.05) is 12.1 Å². The molecule has 4 atom stereocenters. The molecule has 1 aromatic heterocycles. The van der Waals surface area contributed by atoms with Gasteiger partial charge in [-0.3, -0.25) is 4.79 Å². The third-order valence-electron chi connectivity index (χ3n) is 5.30. The number of aliphatic hydroxyl groups excluding tert-OH is 1. The van der Waals surface area contributed by atoms with Crippen molar-refractivity contribution in [2.24, 2.45) is 11.8 Å². The Hall–Kier alpha value is -1.96. The Bertz CT molecular complexity index is 714. The monoisotopic (exact) mass is 344 g/mol. The summed E-state index contributed by atoms with van der Waals surface area (Å²) in [5.41, 5.74) is 1.84. The molecular weight excluding hydrogens is 320 g/mol. The first-order valence-electron chi connectivity index (χ1n) is 8.88. The summed E-state index contributed by atoms with van der Waals surface area (Å²) in [5.74, 6) is 1.59. The number of carbonyl (C=O) groups is 1. The van der Waals surface area contributed by atoms with Crippen LogP contribution in [0.15, 0.2) is 24.3 Å². The number of carbonyl (C=O) groups excluding carboxylic acids is 1. The molecule has 7 nitrogen and oxygen atoms in total. The number of aliphatic hydroxyl groups is 1. The topological polar surface area (TPSA) is 99.3 Å². The predicted molar refractivity (Wildman–Crippen MR) is 92.8 cm³/mol. The maximum atomic E-state index is 12.1. The predicted octanol–water partition coefficient (Wildman–Crippen LogP) is 0.555. The zero-order valence-corrected chi connectivity index (χ0v) is 14.1. The summed E-state index contributed by atoms with van der Waals surface area (Å²) in [5, 5.41) is 16.5. The molecule has 134 valence electrons. The highest BCUT2D eigenvalue weighted by Crippen LogP contribution is 2.32. The van der Waals surface area contributed by atoms with Gasteiger partial charge in [-0.25, -0.2) is 4.98 Å². The Morgan fingerprint density at radius 3 is 2.92 bits per heavy atom. The van der Waals surface area contributed by atoms with Crippen LogP contribution in [0, 0.1) is 11.8 Å². The average Bonchev–Trinajstić information content (AvgIpc) is 3.20. The molecular formula is C18H24N4O3. The Labute approximate surface area is 146 Å². The minimum Gasteiger partial charge on any atom is -0.391 e. The summed E-state index contributed by atoms with van der Waals surface area (Å²) in [7, 11) is 0. The maximum absolute atomic E-state index is 12.1. The van der Waals surface area contributed by atoms with E-state index in [-0.39, 0.29) is 25.2 Å². The van der Waals surface area contributed by atoms with Crippen LogP contribution >= 0.6 is 0 Å². The van der Waals surface area contributed by atoms with Crippen molar-refractivity contribution in [3.8, 4) is 0 Å². The number of rotatable bonds is 5. The second-order valence-electron chi connectivity index (χ2n) is 7.08. The fourth-order valence-corrected chi connectivity index (χ4v) is 4.01. The number of fused-ring (bicyclic) bond motifs is 2. The summed E-state index contributed by atoms with van der Waals surface area (Å²) < 4.78 is 5.47. The Balaban J connectivity index is 1.25. The van der Waals surface area contributed by atoms with E-state index in [9.17, 15) is 9.90 Å². The Morgan fingerprint density at radius 2 is 2.08 bits per heavy atom. The fourth-order valence-electron chi connectivity index (χ4n) is 4.01. The number of benzene rings is 1. The molecule has 1 amide bonds. The maximum Gasteiger partial charge on any atom is 0.246 e. The number of nitrogens with zero attached hydrogens (tertiary/aromatic N) is 1. The highest BCUT2D eigenvalue weighted by atomic mass is 16.5. The molecule has 2 heterocycles. The Kier molecular flexibility index (Phi) is 4.70. The van der Waals surface area contributed by atoms with Gasteiger partial charge in [-0.2, -0.15) is 0 Å². The molecule has 0 spiro atoms. The minimum atomic E-state index is -0.472. The largest absolute Gasteiger partial charge is 0.391 e. The number of amides is 1. The number of nitrogens with one attached hydrogen (secondary N) is 3. The van der Waals surface area contributed by atoms with E-state index in [4.69, 9.17) is 4.74 Å². The number of H-pyrrole nitrogens is 1. The molecule has 2 aromatic rings. The van der Waals surface area contributed by atoms with Crippen LogP contribution in [0.25, 0.3) is 11.0 Å². The minimum absolute atomic E-state index is 0.0351. The third-order valence-corrected chi connectivity index (χ3v) is 5.30. The quantitative estimate of drug-likeness (QED) is 0.635. The van der Waals surface area contributed by atoms with Crippen LogP contribution in [0.3, 0.4) is 0 Å². The second kappa shape index (κ2) is 7.11. The van der Waals surface area contributed by atoms with Gasteiger partial charge < -0.3 is 25.5 Å². The molecule has 1 saturated heterocycles. The first-order valence-corrected chi connectivity index (χ1v) is 8.88. The van der Waals surface area contributed by atoms with Crippen molar-refractivity contribution in [1.29, 1.82) is 0 Å². The number of aromatic nitrogens is 2. The summed E-state index contributed by atoms with van der Waals surface area (Å²) in [6, 6.07) is 7.58. The van der Waals surface area contributed by atoms with Crippen molar-refractivity contribution in [2.75, 3.05) is 19.7 Å². The van der Waals surface area contributed by atoms with Crippen molar-refractivity contribution >= 4 is 16.9 Å². The van der Waals surface area contributed by atoms with Crippen LogP contribution in [0.1, 0.15) is 18.7 Å². The van der Waals surface area contributed by atoms with E-state index < -0.39 is 6.10 Å². The summed E-state index contributed by atoms with van der Waals surface area (Å²) >= 11 is 0. The molecule has 1 aliphatic carbocycles. The lowest BCUT2D eigenvalue weighted by molar-refractivity contribution is -0.128. The van der Waals surface area contributed by atoms with Gasteiger partial charge in [0.1, 0.15) is 19.0 Å². The van der Waals surface area contributed by atoms with E-state index in [2.05, 4.69) is 20.6 Å². The fraction of sp³-hybridized carbons (Fsp3) is 0.556. The van der Waals surface area contributed by atoms with E-state index in [1.54, 1.807) is 0 Å². The molecule has 2 aliphatic rings. The lowest BCUT2D eigenvalue weighted by atomic mass is 9.77. The van der Waals surface area contributed by atoms with Crippen LogP contribution in [0.5, 0.6) is 0 Å². The first kappa shape index (κ1) is 16.5. The molecule has 25 heavy (non-hydrogen) atoms. The lowest BCUT2D eigenvalue weighted by Gasteiger charge is -2.35. The van der Waals surface area contributed by atoms with Gasteiger partial charge in [0.25, 0.3) is 0 Å². The smallest absolute Gasteiger partial charge is 0.246 e. The molecule has 4 rings (SSSR count). The molecule has 0 unspecified atom stereocenters. The van der Waals surface area contributed by atoms with Gasteiger partial charge in [-0.15, -0.1) is 0 Å². The summed E-state index contributed by atoms with van der Waals surface area (Å²) in [4.78, 5) is 19.7. The van der Waals surface area contributed by atoms with Crippen molar-refractivity contribution in [2.45, 2.75) is 31.6 Å². The van der Waals surface area contributed by atoms with E-state index in [0.717, 1.165) is 37.0 Å². The molecule has 1 aliphatic heterocycles. The number of para-hydroxylation sites is 2. The van der Waals surface area contributed by atoms with Crippen molar-refractivity contribution in [3.05, 3.63) is 30.1 Å². The van der Waals surface area contributed by atoms with E-state index in [0.29, 0.717) is 17.7 Å². The van der Waals surface area contributed by atoms with Gasteiger partial charge in [-0.05, 0) is 49.9 Å². The van der Waals surface area contributed by atoms with Gasteiger partial charge in [0.05, 0.1) is 23.2 Å². The van der Waals surface area contributed by atoms with Crippen LogP contribution in [-0.4, -0.2) is 52.8 Å². The zero-order valence-electron chi connectivity index (χ0n) is 14.1. The van der Waals surface area contributed by atoms with Gasteiger partial charge in [0.15, 0.2) is 0 Å². The zero-order chi connectivity index (χ0) is 17.2. The van der Waals surface area contributed by atoms with Crippen LogP contribution in [0.4, 0.5) is 0 Å². The van der Waals surface area contributed by atoms with Gasteiger partial charge in [0.2, 0.25) is 5.91 Å². The van der Waals surface area contributed by atoms with Crippen LogP contribution < -0.4 is 10.6 Å². The molecule has 0 bridgehead atoms. The number of hydrogen-bond acceptors (Lipinski definition) is 5. The normalized spacial score (nSPS) is 28.8. The highest BCUT2D eigenvalue weighted by molar-refractivity contribution is 5.77. The average molecular weight is 344 g/mol. The van der Waals surface area contributed by atoms with Gasteiger partial charge in [0, 0.05) is 0 Å². The van der Waals surface area contributed by atoms with Crippen molar-refractivity contribution in [1.82, 2.24) is 20.6 Å². The summed E-state index contributed by atoms with van der Waals surface area (Å²) in [6.07, 6.45) is 1.11. The molecule has 2 fully saturated rings. The standard InChI is InChI=1S/C18H24N4O3/c23-16-6-12-8-19-7-11(12)5-15(16)22-18(24)10-25-9-17-20-13-3-1-2-4-14(13)21-17/h1-4,11-12,15-16,19,23H,5-10H2,(H,20,21)(H,22,24)/t11-,12+,15-,16-/m0/s1. The molecule has 7 heteroatoms. The second-order valence-corrected chi connectivity index (χ2v) is 7.08. The van der Waals surface area contributed by atoms with E-state index in [1.807, 2.05) is 24.3 Å². The van der Waals surface area contributed by atoms with E-state index in [1.165, 1.54) is 0 Å². The Morgan fingerprint density at radius 1 is 1.28 bits per heavy atom. The lowest BCUT2D eigenvalue weighted by Crippen LogP contribution is -2.50. The molecule has 1 aromatic carbocycles. The van der Waals surface area contributed by atoms with E-state index >= 15 is 0 Å². The van der Waals surface area contributed by atoms with Crippen LogP contribution in [-0.2, 0) is 16.1 Å². The number of ether oxygens (including phenoxy) is 1. The number of imidazole rings is 1. The van der Waals surface area contributed by atoms with Crippen molar-refractivity contribution < 1.29 is 14.6 Å². The number of hydrogen-bond donors (Lipinski definition) is 4. The molecule has 0 radical (unpaired) electrons. The number of aromatic amines is 1. The SMILES string of the molecule is O=C(COCc1nc2ccccc2[nH]1)N[C@H]1C[C@H]2CNC[C@H]2C[C@@H]1O. The van der Waals surface area contributed by atoms with Gasteiger partial charge >= 0.3 is 0 Å². The van der Waals surface area contributed by atoms with Crippen LogP contribution in [0.2, 0.25) is 0 Å². The third kappa shape index (κ3) is 3.68. The summed E-state index contributed by atoms with van der Waals surface area (Å²) in [6.45, 7) is 2.17.